The predicted octanol–water partition coefficient (Wildman–Crippen LogP) is 3.65. The van der Waals surface area contributed by atoms with Crippen molar-refractivity contribution in [1.82, 2.24) is 10.2 Å². The Morgan fingerprint density at radius 3 is 2.82 bits per heavy atom. The van der Waals surface area contributed by atoms with Crippen molar-refractivity contribution in [2.45, 2.75) is 31.0 Å². The summed E-state index contributed by atoms with van der Waals surface area (Å²) in [7, 11) is 1.58. The minimum Gasteiger partial charge on any atom is -0.538 e. The van der Waals surface area contributed by atoms with E-state index in [1.54, 1.807) is 31.4 Å². The van der Waals surface area contributed by atoms with E-state index in [0.717, 1.165) is 36.5 Å². The molecule has 5 rings (SSSR count). The van der Waals surface area contributed by atoms with E-state index in [4.69, 9.17) is 9.26 Å². The molecule has 0 aliphatic carbocycles. The molecule has 38 heavy (non-hydrogen) atoms. The van der Waals surface area contributed by atoms with Gasteiger partial charge < -0.3 is 19.7 Å². The summed E-state index contributed by atoms with van der Waals surface area (Å²) in [5.41, 5.74) is 3.49. The number of carbonyl (C=O) groups is 1. The van der Waals surface area contributed by atoms with E-state index >= 15 is 0 Å². The zero-order chi connectivity index (χ0) is 26.5. The second-order valence-electron chi connectivity index (χ2n) is 8.69. The monoisotopic (exact) mass is 547 g/mol. The van der Waals surface area contributed by atoms with Gasteiger partial charge in [0.1, 0.15) is 16.8 Å². The summed E-state index contributed by atoms with van der Waals surface area (Å²) in [6, 6.07) is 19.7. The Bertz CT molecular complexity index is 1460. The first-order valence-electron chi connectivity index (χ1n) is 12.0. The van der Waals surface area contributed by atoms with Crippen LogP contribution in [0, 0.1) is 11.3 Å². The maximum atomic E-state index is 12.8. The number of thioether (sulfide) groups is 1. The second kappa shape index (κ2) is 11.7. The molecule has 0 saturated heterocycles. The van der Waals surface area contributed by atoms with Crippen LogP contribution in [0.15, 0.2) is 64.1 Å². The summed E-state index contributed by atoms with van der Waals surface area (Å²) in [6.45, 7) is 2.46. The Hall–Kier alpha value is -3.85. The van der Waals surface area contributed by atoms with E-state index in [0.29, 0.717) is 27.8 Å². The summed E-state index contributed by atoms with van der Waals surface area (Å²) in [5.74, 6) is 0.246. The van der Waals surface area contributed by atoms with Gasteiger partial charge >= 0.3 is 0 Å². The van der Waals surface area contributed by atoms with Crippen LogP contribution in [-0.4, -0.2) is 35.5 Å². The number of methoxy groups -OCH3 is 1. The van der Waals surface area contributed by atoms with Gasteiger partial charge in [0.2, 0.25) is 11.6 Å². The van der Waals surface area contributed by atoms with Crippen LogP contribution in [0.25, 0.3) is 5.69 Å². The van der Waals surface area contributed by atoms with Crippen molar-refractivity contribution in [1.29, 1.82) is 5.26 Å². The fraction of sp³-hybridized carbons (Fsp3) is 0.259. The Morgan fingerprint density at radius 1 is 1.29 bits per heavy atom. The molecule has 4 aromatic rings. The van der Waals surface area contributed by atoms with Crippen LogP contribution in [0.4, 0.5) is 5.00 Å². The van der Waals surface area contributed by atoms with E-state index in [-0.39, 0.29) is 17.4 Å². The number of carbonyl (C=O) groups excluding carboxylic acids is 1. The summed E-state index contributed by atoms with van der Waals surface area (Å²) in [5, 5.41) is 29.6. The highest BCUT2D eigenvalue weighted by atomic mass is 32.2. The molecule has 1 aliphatic heterocycles. The zero-order valence-corrected chi connectivity index (χ0v) is 22.3. The number of anilines is 1. The van der Waals surface area contributed by atoms with Gasteiger partial charge in [-0.25, -0.2) is 0 Å². The molecule has 0 atom stereocenters. The Morgan fingerprint density at radius 2 is 2.08 bits per heavy atom. The number of thiophene rings is 1. The maximum Gasteiger partial charge on any atom is 0.297 e. The molecule has 1 amide bonds. The van der Waals surface area contributed by atoms with Crippen LogP contribution in [0.2, 0.25) is 0 Å². The van der Waals surface area contributed by atoms with Crippen molar-refractivity contribution in [3.8, 4) is 23.5 Å². The average molecular weight is 548 g/mol. The van der Waals surface area contributed by atoms with Gasteiger partial charge in [-0.3, -0.25) is 9.69 Å². The molecule has 1 aliphatic rings. The first kappa shape index (κ1) is 25.8. The van der Waals surface area contributed by atoms with Gasteiger partial charge in [-0.1, -0.05) is 42.1 Å². The molecule has 3 heterocycles. The number of ether oxygens (including phenoxy) is 1. The number of hydrogen-bond donors (Lipinski definition) is 1. The third-order valence-corrected chi connectivity index (χ3v) is 8.36. The van der Waals surface area contributed by atoms with Crippen molar-refractivity contribution >= 4 is 34.0 Å². The molecular weight excluding hydrogens is 522 g/mol. The number of rotatable bonds is 9. The lowest BCUT2D eigenvalue weighted by molar-refractivity contribution is -0.705. The highest BCUT2D eigenvalue weighted by molar-refractivity contribution is 7.99. The third kappa shape index (κ3) is 5.67. The molecule has 9 nitrogen and oxygen atoms in total. The van der Waals surface area contributed by atoms with E-state index in [2.05, 4.69) is 33.7 Å². The van der Waals surface area contributed by atoms with E-state index in [9.17, 15) is 15.2 Å². The summed E-state index contributed by atoms with van der Waals surface area (Å²) < 4.78 is 11.4. The summed E-state index contributed by atoms with van der Waals surface area (Å²) in [4.78, 5) is 16.2. The SMILES string of the molecule is COc1ccc(-[n+]2noc([O-])c2SCCC(=O)Nc2sc3c(c2C#N)CCN(Cc2ccccc2)C3)cc1. The lowest BCUT2D eigenvalue weighted by Gasteiger charge is -2.26. The highest BCUT2D eigenvalue weighted by Gasteiger charge is 2.26. The fourth-order valence-corrected chi connectivity index (χ4v) is 6.47. The molecule has 0 unspecified atom stereocenters. The molecule has 0 fully saturated rings. The largest absolute Gasteiger partial charge is 0.538 e. The molecule has 2 aromatic heterocycles. The first-order valence-corrected chi connectivity index (χ1v) is 13.8. The average Bonchev–Trinajstić information content (AvgIpc) is 3.48. The summed E-state index contributed by atoms with van der Waals surface area (Å²) in [6.07, 6.45) is 0.934. The molecular formula is C27H25N5O4S2. The minimum absolute atomic E-state index is 0.158. The van der Waals surface area contributed by atoms with Crippen molar-refractivity contribution in [3.05, 3.63) is 76.2 Å². The Balaban J connectivity index is 1.20. The number of nitriles is 1. The number of benzene rings is 2. The fourth-order valence-electron chi connectivity index (χ4n) is 4.32. The quantitative estimate of drug-likeness (QED) is 0.249. The minimum atomic E-state index is -0.566. The van der Waals surface area contributed by atoms with Crippen LogP contribution in [0.1, 0.15) is 28.0 Å². The van der Waals surface area contributed by atoms with Crippen LogP contribution in [0.3, 0.4) is 0 Å². The van der Waals surface area contributed by atoms with Gasteiger partial charge in [0.05, 0.1) is 17.9 Å². The van der Waals surface area contributed by atoms with Crippen LogP contribution >= 0.6 is 23.1 Å². The smallest absolute Gasteiger partial charge is 0.297 e. The van der Waals surface area contributed by atoms with Gasteiger partial charge in [0.15, 0.2) is 5.95 Å². The number of amides is 1. The number of aromatic nitrogens is 2. The highest BCUT2D eigenvalue weighted by Crippen LogP contribution is 2.37. The topological polar surface area (TPSA) is 118 Å². The molecule has 0 saturated carbocycles. The maximum absolute atomic E-state index is 12.8. The van der Waals surface area contributed by atoms with Crippen LogP contribution < -0.4 is 19.8 Å². The Kier molecular flexibility index (Phi) is 7.93. The molecule has 11 heteroatoms. The van der Waals surface area contributed by atoms with Crippen molar-refractivity contribution < 1.29 is 23.8 Å². The number of hydrogen-bond acceptors (Lipinski definition) is 9. The van der Waals surface area contributed by atoms with Gasteiger partial charge in [-0.15, -0.1) is 11.3 Å². The lowest BCUT2D eigenvalue weighted by Crippen LogP contribution is -2.34. The van der Waals surface area contributed by atoms with E-state index in [1.165, 1.54) is 33.3 Å². The normalized spacial score (nSPS) is 13.1. The van der Waals surface area contributed by atoms with Gasteiger partial charge in [-0.05, 0) is 34.4 Å². The van der Waals surface area contributed by atoms with Gasteiger partial charge in [0, 0.05) is 48.8 Å². The number of nitrogens with zero attached hydrogens (tertiary/aromatic N) is 4. The number of fused-ring (bicyclic) bond motifs is 1. The molecule has 194 valence electrons. The van der Waals surface area contributed by atoms with E-state index < -0.39 is 5.95 Å². The van der Waals surface area contributed by atoms with Crippen LogP contribution in [-0.2, 0) is 24.3 Å². The molecule has 0 spiro atoms. The summed E-state index contributed by atoms with van der Waals surface area (Å²) >= 11 is 2.67. The molecule has 0 radical (unpaired) electrons. The van der Waals surface area contributed by atoms with Gasteiger partial charge in [-0.2, -0.15) is 5.26 Å². The predicted molar refractivity (Wildman–Crippen MR) is 141 cm³/mol. The first-order chi connectivity index (χ1) is 18.6. The Labute approximate surface area is 228 Å². The lowest BCUT2D eigenvalue weighted by atomic mass is 10.0. The van der Waals surface area contributed by atoms with Gasteiger partial charge in [0.25, 0.3) is 5.03 Å². The van der Waals surface area contributed by atoms with Crippen LogP contribution in [0.5, 0.6) is 11.7 Å². The molecule has 2 aromatic carbocycles. The second-order valence-corrected chi connectivity index (χ2v) is 10.9. The van der Waals surface area contributed by atoms with Crippen molar-refractivity contribution in [3.63, 3.8) is 0 Å². The van der Waals surface area contributed by atoms with Crippen molar-refractivity contribution in [2.24, 2.45) is 0 Å². The van der Waals surface area contributed by atoms with Crippen molar-refractivity contribution in [2.75, 3.05) is 24.7 Å². The standard InChI is InChI=1S/C27H25N5O4S2/c1-35-20-9-7-19(8-10-20)32-26(27(34)36-30-32)37-14-12-24(33)29-25-22(15-28)21-11-13-31(17-23(21)38-25)16-18-5-3-2-4-6-18/h2-10H,11-14,16-17H2,1H3,(H-,29,30,33,34). The molecule has 0 bridgehead atoms. The van der Waals surface area contributed by atoms with E-state index in [1.807, 2.05) is 18.2 Å². The molecule has 1 N–H and O–H groups in total. The number of nitrogens with one attached hydrogen (secondary N) is 1. The zero-order valence-electron chi connectivity index (χ0n) is 20.7. The third-order valence-electron chi connectivity index (χ3n) is 6.21.